The van der Waals surface area contributed by atoms with Crippen LogP contribution < -0.4 is 0 Å². The Labute approximate surface area is 136 Å². The lowest BCUT2D eigenvalue weighted by Crippen LogP contribution is -2.33. The number of thioether (sulfide) groups is 1. The first-order valence-corrected chi connectivity index (χ1v) is 8.11. The van der Waals surface area contributed by atoms with Crippen molar-refractivity contribution in [3.05, 3.63) is 35.9 Å². The largest absolute Gasteiger partial charge is 0.481 e. The zero-order chi connectivity index (χ0) is 17.3. The van der Waals surface area contributed by atoms with Gasteiger partial charge in [-0.2, -0.15) is 13.2 Å². The lowest BCUT2D eigenvalue weighted by atomic mass is 10.2. The number of alkyl halides is 3. The summed E-state index contributed by atoms with van der Waals surface area (Å²) in [6, 6.07) is 9.03. The van der Waals surface area contributed by atoms with Crippen molar-refractivity contribution in [2.75, 3.05) is 18.1 Å². The molecule has 0 aromatic heterocycles. The second kappa shape index (κ2) is 9.44. The van der Waals surface area contributed by atoms with E-state index in [2.05, 4.69) is 0 Å². The van der Waals surface area contributed by atoms with Crippen molar-refractivity contribution in [1.29, 1.82) is 0 Å². The van der Waals surface area contributed by atoms with Crippen LogP contribution in [-0.2, 0) is 16.1 Å². The molecule has 0 aliphatic carbocycles. The number of rotatable bonds is 9. The van der Waals surface area contributed by atoms with Gasteiger partial charge in [0.1, 0.15) is 0 Å². The molecule has 0 radical (unpaired) electrons. The molecule has 128 valence electrons. The minimum Gasteiger partial charge on any atom is -0.481 e. The smallest absolute Gasteiger partial charge is 0.397 e. The number of carbonyl (C=O) groups is 2. The fourth-order valence-electron chi connectivity index (χ4n) is 1.86. The predicted octanol–water partition coefficient (Wildman–Crippen LogP) is 3.18. The molecule has 0 aliphatic rings. The topological polar surface area (TPSA) is 57.6 Å². The van der Waals surface area contributed by atoms with Crippen molar-refractivity contribution in [1.82, 2.24) is 4.90 Å². The average molecular weight is 349 g/mol. The van der Waals surface area contributed by atoms with Crippen molar-refractivity contribution in [2.45, 2.75) is 25.6 Å². The Bertz CT molecular complexity index is 508. The second-order valence-corrected chi connectivity index (χ2v) is 5.89. The van der Waals surface area contributed by atoms with Crippen molar-refractivity contribution in [3.8, 4) is 0 Å². The van der Waals surface area contributed by atoms with Crippen LogP contribution in [0.3, 0.4) is 0 Å². The van der Waals surface area contributed by atoms with Gasteiger partial charge in [-0.1, -0.05) is 30.3 Å². The quantitative estimate of drug-likeness (QED) is 0.744. The van der Waals surface area contributed by atoms with Gasteiger partial charge in [-0.15, -0.1) is 11.8 Å². The van der Waals surface area contributed by atoms with Gasteiger partial charge in [0.2, 0.25) is 5.91 Å². The first kappa shape index (κ1) is 19.3. The number of carboxylic acids is 1. The third-order valence-electron chi connectivity index (χ3n) is 2.88. The fourth-order valence-corrected chi connectivity index (χ4v) is 2.55. The van der Waals surface area contributed by atoms with Gasteiger partial charge >= 0.3 is 12.1 Å². The highest BCUT2D eigenvalue weighted by atomic mass is 32.2. The molecule has 23 heavy (non-hydrogen) atoms. The van der Waals surface area contributed by atoms with E-state index in [1.165, 1.54) is 4.90 Å². The molecule has 0 bridgehead atoms. The Hall–Kier alpha value is -1.70. The summed E-state index contributed by atoms with van der Waals surface area (Å²) in [5.74, 6) is -2.75. The van der Waals surface area contributed by atoms with E-state index in [0.29, 0.717) is 11.8 Å². The van der Waals surface area contributed by atoms with Gasteiger partial charge in [0.15, 0.2) is 0 Å². The van der Waals surface area contributed by atoms with Crippen molar-refractivity contribution in [2.24, 2.45) is 0 Å². The SMILES string of the molecule is O=C(O)CCCN(Cc1ccccc1)C(=O)CSCC(F)(F)F. The van der Waals surface area contributed by atoms with Gasteiger partial charge in [-0.3, -0.25) is 9.59 Å². The number of nitrogens with zero attached hydrogens (tertiary/aromatic N) is 1. The van der Waals surface area contributed by atoms with E-state index in [9.17, 15) is 22.8 Å². The number of carbonyl (C=O) groups excluding carboxylic acids is 1. The first-order chi connectivity index (χ1) is 10.8. The molecule has 1 N–H and O–H groups in total. The zero-order valence-corrected chi connectivity index (χ0v) is 13.2. The number of hydrogen-bond donors (Lipinski definition) is 1. The molecule has 4 nitrogen and oxygen atoms in total. The number of carboxylic acid groups (broad SMARTS) is 1. The molecule has 1 rings (SSSR count). The first-order valence-electron chi connectivity index (χ1n) is 6.96. The van der Waals surface area contributed by atoms with E-state index >= 15 is 0 Å². The molecule has 0 unspecified atom stereocenters. The summed E-state index contributed by atoms with van der Waals surface area (Å²) in [7, 11) is 0. The third-order valence-corrected chi connectivity index (χ3v) is 3.86. The number of amides is 1. The van der Waals surface area contributed by atoms with E-state index in [4.69, 9.17) is 5.11 Å². The molecule has 1 amide bonds. The molecule has 1 aromatic carbocycles. The number of halogens is 3. The van der Waals surface area contributed by atoms with Crippen molar-refractivity contribution < 1.29 is 27.9 Å². The van der Waals surface area contributed by atoms with Crippen LogP contribution >= 0.6 is 11.8 Å². The highest BCUT2D eigenvalue weighted by Crippen LogP contribution is 2.21. The van der Waals surface area contributed by atoms with Gasteiger partial charge in [-0.25, -0.2) is 0 Å². The Morgan fingerprint density at radius 1 is 1.17 bits per heavy atom. The lowest BCUT2D eigenvalue weighted by Gasteiger charge is -2.22. The molecule has 0 saturated heterocycles. The fraction of sp³-hybridized carbons (Fsp3) is 0.467. The van der Waals surface area contributed by atoms with E-state index in [1.54, 1.807) is 24.3 Å². The number of hydrogen-bond acceptors (Lipinski definition) is 3. The summed E-state index contributed by atoms with van der Waals surface area (Å²) in [6.07, 6.45) is -4.13. The minimum absolute atomic E-state index is 0.0890. The Morgan fingerprint density at radius 3 is 2.39 bits per heavy atom. The van der Waals surface area contributed by atoms with Gasteiger partial charge in [0.25, 0.3) is 0 Å². The summed E-state index contributed by atoms with van der Waals surface area (Å²) in [6.45, 7) is 0.457. The average Bonchev–Trinajstić information content (AvgIpc) is 2.45. The monoisotopic (exact) mass is 349 g/mol. The maximum atomic E-state index is 12.1. The third kappa shape index (κ3) is 9.12. The highest BCUT2D eigenvalue weighted by Gasteiger charge is 2.27. The summed E-state index contributed by atoms with van der Waals surface area (Å²) in [5.41, 5.74) is 0.844. The van der Waals surface area contributed by atoms with E-state index in [-0.39, 0.29) is 31.7 Å². The standard InChI is InChI=1S/C15H18F3NO3S/c16-15(17,18)11-23-10-13(20)19(8-4-7-14(21)22)9-12-5-2-1-3-6-12/h1-3,5-6H,4,7-11H2,(H,21,22). The maximum absolute atomic E-state index is 12.1. The molecule has 0 saturated carbocycles. The van der Waals surface area contributed by atoms with Crippen molar-refractivity contribution in [3.63, 3.8) is 0 Å². The van der Waals surface area contributed by atoms with Gasteiger partial charge in [0.05, 0.1) is 11.5 Å². The second-order valence-electron chi connectivity index (χ2n) is 4.91. The Balaban J connectivity index is 2.58. The molecular weight excluding hydrogens is 331 g/mol. The summed E-state index contributed by atoms with van der Waals surface area (Å²) >= 11 is 0.514. The van der Waals surface area contributed by atoms with Crippen LogP contribution in [0, 0.1) is 0 Å². The van der Waals surface area contributed by atoms with Crippen LogP contribution in [0.2, 0.25) is 0 Å². The summed E-state index contributed by atoms with van der Waals surface area (Å²) in [5, 5.41) is 8.65. The predicted molar refractivity (Wildman–Crippen MR) is 82.1 cm³/mol. The van der Waals surface area contributed by atoms with E-state index < -0.39 is 23.8 Å². The van der Waals surface area contributed by atoms with Gasteiger partial charge < -0.3 is 10.0 Å². The molecule has 0 fully saturated rings. The van der Waals surface area contributed by atoms with Gasteiger partial charge in [-0.05, 0) is 12.0 Å². The molecule has 0 aliphatic heterocycles. The van der Waals surface area contributed by atoms with E-state index in [0.717, 1.165) is 5.56 Å². The molecule has 0 atom stereocenters. The van der Waals surface area contributed by atoms with Gasteiger partial charge in [0, 0.05) is 19.5 Å². The van der Waals surface area contributed by atoms with Crippen LogP contribution in [-0.4, -0.2) is 46.1 Å². The molecule has 0 spiro atoms. The number of benzene rings is 1. The molecule has 0 heterocycles. The highest BCUT2D eigenvalue weighted by molar-refractivity contribution is 8.00. The van der Waals surface area contributed by atoms with Crippen LogP contribution in [0.15, 0.2) is 30.3 Å². The zero-order valence-electron chi connectivity index (χ0n) is 12.4. The Kier molecular flexibility index (Phi) is 7.94. The molecule has 8 heteroatoms. The van der Waals surface area contributed by atoms with Crippen LogP contribution in [0.25, 0.3) is 0 Å². The van der Waals surface area contributed by atoms with E-state index in [1.807, 2.05) is 6.07 Å². The number of aliphatic carboxylic acids is 1. The maximum Gasteiger partial charge on any atom is 0.397 e. The van der Waals surface area contributed by atoms with Crippen LogP contribution in [0.1, 0.15) is 18.4 Å². The summed E-state index contributed by atoms with van der Waals surface area (Å²) in [4.78, 5) is 24.1. The molecular formula is C15H18F3NO3S. The van der Waals surface area contributed by atoms with Crippen molar-refractivity contribution >= 4 is 23.6 Å². The van der Waals surface area contributed by atoms with Crippen LogP contribution in [0.5, 0.6) is 0 Å². The lowest BCUT2D eigenvalue weighted by molar-refractivity contribution is -0.138. The van der Waals surface area contributed by atoms with Crippen LogP contribution in [0.4, 0.5) is 13.2 Å². The summed E-state index contributed by atoms with van der Waals surface area (Å²) < 4.78 is 36.4. The Morgan fingerprint density at radius 2 is 1.83 bits per heavy atom. The minimum atomic E-state index is -4.31. The molecule has 1 aromatic rings. The normalized spacial score (nSPS) is 11.3.